The molecule has 2 N–H and O–H groups in total. The predicted octanol–water partition coefficient (Wildman–Crippen LogP) is 1.45. The molecule has 0 aromatic heterocycles. The lowest BCUT2D eigenvalue weighted by Gasteiger charge is -2.36. The molecule has 4 heteroatoms. The highest BCUT2D eigenvalue weighted by Crippen LogP contribution is 2.49. The van der Waals surface area contributed by atoms with E-state index in [9.17, 15) is 15.0 Å². The Morgan fingerprint density at radius 3 is 2.74 bits per heavy atom. The van der Waals surface area contributed by atoms with E-state index in [0.717, 1.165) is 5.57 Å². The minimum Gasteiger partial charge on any atom is -0.390 e. The largest absolute Gasteiger partial charge is 0.390 e. The highest BCUT2D eigenvalue weighted by Gasteiger charge is 2.62. The molecule has 4 nitrogen and oxygen atoms in total. The first kappa shape index (κ1) is 14.7. The van der Waals surface area contributed by atoms with Crippen LogP contribution in [-0.4, -0.2) is 39.9 Å². The van der Waals surface area contributed by atoms with E-state index in [0.29, 0.717) is 12.8 Å². The Labute approximate surface area is 114 Å². The van der Waals surface area contributed by atoms with E-state index in [-0.39, 0.29) is 29.8 Å². The van der Waals surface area contributed by atoms with Crippen LogP contribution in [0.15, 0.2) is 11.6 Å². The molecular weight excluding hydrogens is 244 g/mol. The quantitative estimate of drug-likeness (QED) is 0.598. The van der Waals surface area contributed by atoms with Crippen LogP contribution in [0.25, 0.3) is 0 Å². The average Bonchev–Trinajstić information content (AvgIpc) is 3.02. The summed E-state index contributed by atoms with van der Waals surface area (Å²) in [5.74, 6) is 0.426. The lowest BCUT2D eigenvalue weighted by atomic mass is 9.72. The molecule has 1 saturated heterocycles. The van der Waals surface area contributed by atoms with Gasteiger partial charge >= 0.3 is 0 Å². The molecule has 1 aliphatic carbocycles. The van der Waals surface area contributed by atoms with Crippen molar-refractivity contribution in [3.8, 4) is 0 Å². The lowest BCUT2D eigenvalue weighted by Crippen LogP contribution is -2.51. The number of carbonyl (C=O) groups is 1. The van der Waals surface area contributed by atoms with Crippen molar-refractivity contribution in [2.24, 2.45) is 11.8 Å². The minimum atomic E-state index is -1.15. The maximum atomic E-state index is 11.8. The summed E-state index contributed by atoms with van der Waals surface area (Å²) in [7, 11) is 0. The van der Waals surface area contributed by atoms with Crippen molar-refractivity contribution in [3.63, 3.8) is 0 Å². The molecule has 1 aliphatic heterocycles. The zero-order valence-electron chi connectivity index (χ0n) is 12.1. The monoisotopic (exact) mass is 268 g/mol. The zero-order valence-corrected chi connectivity index (χ0v) is 12.1. The molecular formula is C15H24O4. The van der Waals surface area contributed by atoms with Gasteiger partial charge in [0.15, 0.2) is 5.78 Å². The second kappa shape index (κ2) is 5.00. The highest BCUT2D eigenvalue weighted by atomic mass is 16.6. The molecule has 1 saturated carbocycles. The SMILES string of the molecule is CC(C)=CC(=O)C[C@H](C)[C@H]1CC(O)[C@@](C)(O)[C@H]2OC12. The topological polar surface area (TPSA) is 70.1 Å². The average molecular weight is 268 g/mol. The molecule has 6 atom stereocenters. The minimum absolute atomic E-state index is 0.00657. The van der Waals surface area contributed by atoms with Crippen LogP contribution < -0.4 is 0 Å². The van der Waals surface area contributed by atoms with E-state index < -0.39 is 11.7 Å². The Morgan fingerprint density at radius 1 is 1.53 bits per heavy atom. The molecule has 0 radical (unpaired) electrons. The fraction of sp³-hybridized carbons (Fsp3) is 0.800. The number of ketones is 1. The number of rotatable bonds is 4. The first-order valence-corrected chi connectivity index (χ1v) is 6.97. The van der Waals surface area contributed by atoms with Gasteiger partial charge in [0.25, 0.3) is 0 Å². The number of epoxide rings is 1. The predicted molar refractivity (Wildman–Crippen MR) is 71.6 cm³/mol. The molecule has 0 aromatic rings. The number of ether oxygens (including phenoxy) is 1. The van der Waals surface area contributed by atoms with E-state index in [1.165, 1.54) is 0 Å². The second-order valence-corrected chi connectivity index (χ2v) is 6.53. The fourth-order valence-electron chi connectivity index (χ4n) is 3.15. The molecule has 0 amide bonds. The Morgan fingerprint density at radius 2 is 2.16 bits per heavy atom. The second-order valence-electron chi connectivity index (χ2n) is 6.53. The first-order chi connectivity index (χ1) is 8.73. The van der Waals surface area contributed by atoms with Crippen LogP contribution in [0.1, 0.15) is 40.5 Å². The Balaban J connectivity index is 1.97. The summed E-state index contributed by atoms with van der Waals surface area (Å²) in [5, 5.41) is 20.1. The van der Waals surface area contributed by atoms with Crippen LogP contribution in [0, 0.1) is 11.8 Å². The third-order valence-electron chi connectivity index (χ3n) is 4.40. The van der Waals surface area contributed by atoms with Gasteiger partial charge in [-0.2, -0.15) is 0 Å². The van der Waals surface area contributed by atoms with Crippen LogP contribution in [0.2, 0.25) is 0 Å². The van der Waals surface area contributed by atoms with Crippen molar-refractivity contribution >= 4 is 5.78 Å². The summed E-state index contributed by atoms with van der Waals surface area (Å²) >= 11 is 0. The van der Waals surface area contributed by atoms with Gasteiger partial charge in [-0.25, -0.2) is 0 Å². The van der Waals surface area contributed by atoms with Crippen LogP contribution in [-0.2, 0) is 9.53 Å². The Kier molecular flexibility index (Phi) is 3.87. The Bertz CT molecular complexity index is 391. The van der Waals surface area contributed by atoms with Crippen LogP contribution in [0.5, 0.6) is 0 Å². The van der Waals surface area contributed by atoms with Gasteiger partial charge in [-0.3, -0.25) is 4.79 Å². The highest BCUT2D eigenvalue weighted by molar-refractivity contribution is 5.90. The van der Waals surface area contributed by atoms with Crippen molar-refractivity contribution < 1.29 is 19.7 Å². The van der Waals surface area contributed by atoms with E-state index in [1.54, 1.807) is 13.0 Å². The third-order valence-corrected chi connectivity index (χ3v) is 4.40. The van der Waals surface area contributed by atoms with Gasteiger partial charge in [0.05, 0.1) is 12.2 Å². The normalized spacial score (nSPS) is 42.2. The van der Waals surface area contributed by atoms with Crippen molar-refractivity contribution in [3.05, 3.63) is 11.6 Å². The molecule has 1 heterocycles. The standard InChI is InChI=1S/C15H24O4/c1-8(2)5-10(16)6-9(3)11-7-12(17)15(4,18)14-13(11)19-14/h5,9,11-14,17-18H,6-7H2,1-4H3/t9-,11+,12?,13?,14-,15+/m0/s1. The molecule has 0 bridgehead atoms. The lowest BCUT2D eigenvalue weighted by molar-refractivity contribution is -0.117. The molecule has 0 aromatic carbocycles. The molecule has 19 heavy (non-hydrogen) atoms. The summed E-state index contributed by atoms with van der Waals surface area (Å²) in [6.07, 6.45) is 1.57. The van der Waals surface area contributed by atoms with Crippen LogP contribution in [0.4, 0.5) is 0 Å². The van der Waals surface area contributed by atoms with E-state index in [1.807, 2.05) is 20.8 Å². The number of aliphatic hydroxyl groups is 2. The van der Waals surface area contributed by atoms with E-state index >= 15 is 0 Å². The smallest absolute Gasteiger partial charge is 0.155 e. The summed E-state index contributed by atoms with van der Waals surface area (Å²) in [4.78, 5) is 11.8. The summed E-state index contributed by atoms with van der Waals surface area (Å²) < 4.78 is 5.52. The maximum Gasteiger partial charge on any atom is 0.155 e. The molecule has 0 spiro atoms. The van der Waals surface area contributed by atoms with E-state index in [4.69, 9.17) is 4.74 Å². The molecule has 2 unspecified atom stereocenters. The van der Waals surface area contributed by atoms with Crippen molar-refractivity contribution in [2.75, 3.05) is 0 Å². The number of aliphatic hydroxyl groups excluding tert-OH is 1. The summed E-state index contributed by atoms with van der Waals surface area (Å²) in [5.41, 5.74) is -0.144. The van der Waals surface area contributed by atoms with Gasteiger partial charge in [0.1, 0.15) is 11.7 Å². The third kappa shape index (κ3) is 2.91. The Hall–Kier alpha value is -0.710. The van der Waals surface area contributed by atoms with Gasteiger partial charge in [-0.15, -0.1) is 0 Å². The van der Waals surface area contributed by atoms with E-state index in [2.05, 4.69) is 0 Å². The van der Waals surface area contributed by atoms with Gasteiger partial charge in [0, 0.05) is 6.42 Å². The summed E-state index contributed by atoms with van der Waals surface area (Å²) in [6.45, 7) is 7.46. The first-order valence-electron chi connectivity index (χ1n) is 6.97. The summed E-state index contributed by atoms with van der Waals surface area (Å²) in [6, 6.07) is 0. The number of fused-ring (bicyclic) bond motifs is 1. The van der Waals surface area contributed by atoms with Gasteiger partial charge < -0.3 is 14.9 Å². The van der Waals surface area contributed by atoms with Gasteiger partial charge in [-0.05, 0) is 45.1 Å². The van der Waals surface area contributed by atoms with Crippen molar-refractivity contribution in [2.45, 2.75) is 64.4 Å². The fourth-order valence-corrected chi connectivity index (χ4v) is 3.15. The van der Waals surface area contributed by atoms with Crippen LogP contribution >= 0.6 is 0 Å². The number of hydrogen-bond acceptors (Lipinski definition) is 4. The van der Waals surface area contributed by atoms with Crippen molar-refractivity contribution in [1.29, 1.82) is 0 Å². The number of carbonyl (C=O) groups excluding carboxylic acids is 1. The molecule has 2 fully saturated rings. The zero-order chi connectivity index (χ0) is 14.4. The van der Waals surface area contributed by atoms with Crippen molar-refractivity contribution in [1.82, 2.24) is 0 Å². The van der Waals surface area contributed by atoms with Crippen LogP contribution in [0.3, 0.4) is 0 Å². The molecule has 2 aliphatic rings. The molecule has 108 valence electrons. The molecule has 2 rings (SSSR count). The van der Waals surface area contributed by atoms with Gasteiger partial charge in [0.2, 0.25) is 0 Å². The number of allylic oxidation sites excluding steroid dienone is 2. The van der Waals surface area contributed by atoms with Gasteiger partial charge in [-0.1, -0.05) is 12.5 Å². The number of hydrogen-bond donors (Lipinski definition) is 2. The maximum absolute atomic E-state index is 11.8.